The summed E-state index contributed by atoms with van der Waals surface area (Å²) in [5, 5.41) is 7.72. The van der Waals surface area contributed by atoms with E-state index in [1.54, 1.807) is 41.9 Å². The Morgan fingerprint density at radius 1 is 1.36 bits per heavy atom. The molecular weight excluding hydrogens is 343 g/mol. The zero-order chi connectivity index (χ0) is 18.1. The smallest absolute Gasteiger partial charge is 0.337 e. The maximum Gasteiger partial charge on any atom is 0.337 e. The SMILES string of the molecule is COC(=O)C1=C(C)N(c2ccc(F)cc2)C(=S)NC1c1cnn(C)c1. The van der Waals surface area contributed by atoms with Crippen molar-refractivity contribution in [2.45, 2.75) is 13.0 Å². The number of anilines is 1. The number of aryl methyl sites for hydroxylation is 1. The third kappa shape index (κ3) is 3.12. The van der Waals surface area contributed by atoms with E-state index in [4.69, 9.17) is 17.0 Å². The Labute approximate surface area is 149 Å². The van der Waals surface area contributed by atoms with Gasteiger partial charge in [-0.2, -0.15) is 5.10 Å². The predicted molar refractivity (Wildman–Crippen MR) is 95.3 cm³/mol. The number of hydrogen-bond donors (Lipinski definition) is 1. The number of ether oxygens (including phenoxy) is 1. The van der Waals surface area contributed by atoms with Gasteiger partial charge < -0.3 is 10.1 Å². The van der Waals surface area contributed by atoms with Crippen molar-refractivity contribution in [2.75, 3.05) is 12.0 Å². The van der Waals surface area contributed by atoms with E-state index in [9.17, 15) is 9.18 Å². The number of thiocarbonyl (C=S) groups is 1. The number of nitrogens with one attached hydrogen (secondary N) is 1. The Morgan fingerprint density at radius 2 is 2.04 bits per heavy atom. The van der Waals surface area contributed by atoms with Crippen LogP contribution in [-0.4, -0.2) is 28.0 Å². The molecule has 2 heterocycles. The molecule has 0 aliphatic carbocycles. The second-order valence-corrected chi connectivity index (χ2v) is 6.02. The lowest BCUT2D eigenvalue weighted by Gasteiger charge is -2.37. The number of carbonyl (C=O) groups excluding carboxylic acids is 1. The normalized spacial score (nSPS) is 17.5. The van der Waals surface area contributed by atoms with Gasteiger partial charge in [-0.05, 0) is 43.4 Å². The summed E-state index contributed by atoms with van der Waals surface area (Å²) in [5.74, 6) is -0.809. The molecule has 0 amide bonds. The molecule has 3 rings (SSSR count). The summed E-state index contributed by atoms with van der Waals surface area (Å²) in [5.41, 5.74) is 2.50. The van der Waals surface area contributed by atoms with Gasteiger partial charge in [-0.1, -0.05) is 0 Å². The van der Waals surface area contributed by atoms with Crippen LogP contribution in [0.15, 0.2) is 47.9 Å². The highest BCUT2D eigenvalue weighted by Crippen LogP contribution is 2.33. The lowest BCUT2D eigenvalue weighted by Crippen LogP contribution is -2.48. The summed E-state index contributed by atoms with van der Waals surface area (Å²) in [6.45, 7) is 1.78. The molecule has 1 aliphatic heterocycles. The highest BCUT2D eigenvalue weighted by molar-refractivity contribution is 7.80. The molecule has 1 unspecified atom stereocenters. The average molecular weight is 360 g/mol. The minimum atomic E-state index is -0.467. The molecule has 0 saturated carbocycles. The molecule has 130 valence electrons. The number of halogens is 1. The molecule has 1 aromatic heterocycles. The molecule has 0 saturated heterocycles. The van der Waals surface area contributed by atoms with Crippen LogP contribution in [0.25, 0.3) is 0 Å². The second kappa shape index (κ2) is 6.64. The zero-order valence-corrected chi connectivity index (χ0v) is 14.8. The van der Waals surface area contributed by atoms with Crippen molar-refractivity contribution in [1.29, 1.82) is 0 Å². The largest absolute Gasteiger partial charge is 0.466 e. The Bertz CT molecular complexity index is 860. The Kier molecular flexibility index (Phi) is 4.54. The number of esters is 1. The number of rotatable bonds is 3. The monoisotopic (exact) mass is 360 g/mol. The van der Waals surface area contributed by atoms with Crippen LogP contribution in [0.5, 0.6) is 0 Å². The Balaban J connectivity index is 2.12. The topological polar surface area (TPSA) is 59.4 Å². The number of hydrogen-bond acceptors (Lipinski definition) is 4. The van der Waals surface area contributed by atoms with Gasteiger partial charge in [-0.15, -0.1) is 0 Å². The van der Waals surface area contributed by atoms with E-state index in [0.29, 0.717) is 22.1 Å². The fraction of sp³-hybridized carbons (Fsp3) is 0.235. The van der Waals surface area contributed by atoms with Crippen LogP contribution in [0.3, 0.4) is 0 Å². The van der Waals surface area contributed by atoms with E-state index in [1.807, 2.05) is 6.20 Å². The minimum absolute atomic E-state index is 0.345. The highest BCUT2D eigenvalue weighted by atomic mass is 32.1. The number of nitrogens with zero attached hydrogens (tertiary/aromatic N) is 3. The quantitative estimate of drug-likeness (QED) is 0.670. The molecule has 25 heavy (non-hydrogen) atoms. The van der Waals surface area contributed by atoms with Crippen LogP contribution in [0.4, 0.5) is 10.1 Å². The first-order valence-electron chi connectivity index (χ1n) is 7.56. The van der Waals surface area contributed by atoms with Gasteiger partial charge >= 0.3 is 5.97 Å². The fourth-order valence-electron chi connectivity index (χ4n) is 2.86. The van der Waals surface area contributed by atoms with E-state index in [2.05, 4.69) is 10.4 Å². The maximum absolute atomic E-state index is 13.2. The fourth-order valence-corrected chi connectivity index (χ4v) is 3.22. The number of carbonyl (C=O) groups is 1. The molecule has 0 fully saturated rings. The first-order chi connectivity index (χ1) is 11.9. The van der Waals surface area contributed by atoms with Gasteiger partial charge in [0.2, 0.25) is 0 Å². The molecule has 6 nitrogen and oxygen atoms in total. The van der Waals surface area contributed by atoms with Crippen LogP contribution >= 0.6 is 12.2 Å². The number of benzene rings is 1. The third-order valence-electron chi connectivity index (χ3n) is 4.03. The van der Waals surface area contributed by atoms with Crippen molar-refractivity contribution in [1.82, 2.24) is 15.1 Å². The summed E-state index contributed by atoms with van der Waals surface area (Å²) in [6, 6.07) is 5.43. The van der Waals surface area contributed by atoms with Gasteiger partial charge in [-0.25, -0.2) is 9.18 Å². The maximum atomic E-state index is 13.2. The van der Waals surface area contributed by atoms with Gasteiger partial charge in [0, 0.05) is 30.2 Å². The van der Waals surface area contributed by atoms with Gasteiger partial charge in [-0.3, -0.25) is 9.58 Å². The molecular formula is C17H17FN4O2S. The van der Waals surface area contributed by atoms with Crippen LogP contribution in [0.1, 0.15) is 18.5 Å². The van der Waals surface area contributed by atoms with E-state index < -0.39 is 12.0 Å². The van der Waals surface area contributed by atoms with Gasteiger partial charge in [0.1, 0.15) is 5.82 Å². The molecule has 2 aromatic rings. The van der Waals surface area contributed by atoms with Crippen molar-refractivity contribution in [2.24, 2.45) is 7.05 Å². The van der Waals surface area contributed by atoms with Crippen LogP contribution in [-0.2, 0) is 16.6 Å². The van der Waals surface area contributed by atoms with Crippen molar-refractivity contribution >= 4 is 29.0 Å². The highest BCUT2D eigenvalue weighted by Gasteiger charge is 2.35. The zero-order valence-electron chi connectivity index (χ0n) is 14.0. The molecule has 1 aromatic carbocycles. The van der Waals surface area contributed by atoms with Crippen molar-refractivity contribution in [3.05, 3.63) is 59.3 Å². The summed E-state index contributed by atoms with van der Waals surface area (Å²) in [4.78, 5) is 14.1. The molecule has 0 spiro atoms. The van der Waals surface area contributed by atoms with Crippen molar-refractivity contribution < 1.29 is 13.9 Å². The first-order valence-corrected chi connectivity index (χ1v) is 7.97. The lowest BCUT2D eigenvalue weighted by molar-refractivity contribution is -0.136. The molecule has 1 atom stereocenters. The summed E-state index contributed by atoms with van der Waals surface area (Å²) < 4.78 is 19.8. The van der Waals surface area contributed by atoms with Crippen LogP contribution < -0.4 is 10.2 Å². The summed E-state index contributed by atoms with van der Waals surface area (Å²) in [6.07, 6.45) is 3.48. The van der Waals surface area contributed by atoms with Crippen LogP contribution in [0, 0.1) is 5.82 Å². The van der Waals surface area contributed by atoms with Crippen LogP contribution in [0.2, 0.25) is 0 Å². The van der Waals surface area contributed by atoms with E-state index >= 15 is 0 Å². The summed E-state index contributed by atoms with van der Waals surface area (Å²) in [7, 11) is 3.13. The van der Waals surface area contributed by atoms with Gasteiger partial charge in [0.05, 0.1) is 24.9 Å². The Morgan fingerprint density at radius 3 is 2.60 bits per heavy atom. The first kappa shape index (κ1) is 17.1. The average Bonchev–Trinajstić information content (AvgIpc) is 3.02. The van der Waals surface area contributed by atoms with Crippen molar-refractivity contribution in [3.63, 3.8) is 0 Å². The van der Waals surface area contributed by atoms with E-state index in [1.165, 1.54) is 19.2 Å². The summed E-state index contributed by atoms with van der Waals surface area (Å²) >= 11 is 5.49. The molecule has 8 heteroatoms. The second-order valence-electron chi connectivity index (χ2n) is 5.63. The lowest BCUT2D eigenvalue weighted by atomic mass is 9.97. The van der Waals surface area contributed by atoms with Crippen molar-refractivity contribution in [3.8, 4) is 0 Å². The van der Waals surface area contributed by atoms with E-state index in [0.717, 1.165) is 5.56 Å². The molecule has 0 radical (unpaired) electrons. The van der Waals surface area contributed by atoms with Gasteiger partial charge in [0.15, 0.2) is 5.11 Å². The predicted octanol–water partition coefficient (Wildman–Crippen LogP) is 2.44. The molecule has 0 bridgehead atoms. The standard InChI is InChI=1S/C17H17FN4O2S/c1-10-14(16(23)24-3)15(11-8-19-21(2)9-11)20-17(25)22(10)13-6-4-12(18)5-7-13/h4-9,15H,1-3H3,(H,20,25). The van der Waals surface area contributed by atoms with E-state index in [-0.39, 0.29) is 5.82 Å². The molecule has 1 aliphatic rings. The number of aromatic nitrogens is 2. The third-order valence-corrected chi connectivity index (χ3v) is 4.33. The molecule has 1 N–H and O–H groups in total. The van der Waals surface area contributed by atoms with Gasteiger partial charge in [0.25, 0.3) is 0 Å². The Hall–Kier alpha value is -2.74. The number of methoxy groups -OCH3 is 1. The minimum Gasteiger partial charge on any atom is -0.466 e. The number of allylic oxidation sites excluding steroid dienone is 1.